The highest BCUT2D eigenvalue weighted by molar-refractivity contribution is 7.53. The zero-order chi connectivity index (χ0) is 15.6. The van der Waals surface area contributed by atoms with E-state index >= 15 is 0 Å². The molecule has 7 heteroatoms. The summed E-state index contributed by atoms with van der Waals surface area (Å²) in [4.78, 5) is 29.7. The molecule has 1 aromatic carbocycles. The molecule has 1 unspecified atom stereocenters. The van der Waals surface area contributed by atoms with Crippen molar-refractivity contribution in [2.45, 2.75) is 38.8 Å². The highest BCUT2D eigenvalue weighted by Crippen LogP contribution is 2.62. The van der Waals surface area contributed by atoms with Crippen molar-refractivity contribution in [2.24, 2.45) is 5.92 Å². The minimum absolute atomic E-state index is 0.0913. The molecule has 0 heterocycles. The average molecular weight is 301 g/mol. The van der Waals surface area contributed by atoms with Gasteiger partial charge < -0.3 is 9.79 Å². The molecule has 0 radical (unpaired) electrons. The minimum Gasteiger partial charge on any atom is -0.324 e. The molecule has 6 nitrogen and oxygen atoms in total. The van der Waals surface area contributed by atoms with Gasteiger partial charge in [-0.05, 0) is 18.4 Å². The molecule has 0 bridgehead atoms. The lowest BCUT2D eigenvalue weighted by Gasteiger charge is -2.37. The molecule has 0 aliphatic heterocycles. The van der Waals surface area contributed by atoms with Crippen LogP contribution in [-0.4, -0.2) is 14.7 Å². The summed E-state index contributed by atoms with van der Waals surface area (Å²) < 4.78 is 12.0. The van der Waals surface area contributed by atoms with Gasteiger partial charge in [-0.25, -0.2) is 0 Å². The number of rotatable bonds is 6. The maximum absolute atomic E-state index is 12.0. The molecule has 0 aromatic heterocycles. The molecule has 112 valence electrons. The van der Waals surface area contributed by atoms with Crippen molar-refractivity contribution in [2.75, 3.05) is 0 Å². The molecular formula is C13H20NO5P. The van der Waals surface area contributed by atoms with E-state index in [2.05, 4.69) is 0 Å². The van der Waals surface area contributed by atoms with Gasteiger partial charge in [0.15, 0.2) is 0 Å². The highest BCUT2D eigenvalue weighted by atomic mass is 31.2. The Morgan fingerprint density at radius 1 is 1.25 bits per heavy atom. The third-order valence-electron chi connectivity index (χ3n) is 4.05. The van der Waals surface area contributed by atoms with Crippen molar-refractivity contribution in [3.8, 4) is 0 Å². The lowest BCUT2D eigenvalue weighted by molar-refractivity contribution is -0.384. The molecular weight excluding hydrogens is 281 g/mol. The molecule has 0 fully saturated rings. The number of hydrogen-bond acceptors (Lipinski definition) is 3. The first-order valence-corrected chi connectivity index (χ1v) is 8.10. The Morgan fingerprint density at radius 3 is 2.00 bits per heavy atom. The van der Waals surface area contributed by atoms with E-state index in [0.29, 0.717) is 18.4 Å². The van der Waals surface area contributed by atoms with E-state index in [9.17, 15) is 24.5 Å². The van der Waals surface area contributed by atoms with Gasteiger partial charge in [0.1, 0.15) is 0 Å². The van der Waals surface area contributed by atoms with E-state index < -0.39 is 17.7 Å². The van der Waals surface area contributed by atoms with Gasteiger partial charge in [0.2, 0.25) is 0 Å². The molecule has 2 N–H and O–H groups in total. The monoisotopic (exact) mass is 301 g/mol. The lowest BCUT2D eigenvalue weighted by atomic mass is 9.83. The predicted molar refractivity (Wildman–Crippen MR) is 76.6 cm³/mol. The smallest absolute Gasteiger partial charge is 0.324 e. The Morgan fingerprint density at radius 2 is 1.70 bits per heavy atom. The fourth-order valence-corrected chi connectivity index (χ4v) is 3.97. The van der Waals surface area contributed by atoms with E-state index in [0.717, 1.165) is 0 Å². The first-order valence-electron chi connectivity index (χ1n) is 6.49. The Balaban J connectivity index is 3.39. The molecule has 1 rings (SSSR count). The second-order valence-corrected chi connectivity index (χ2v) is 7.03. The average Bonchev–Trinajstić information content (AvgIpc) is 2.38. The van der Waals surface area contributed by atoms with Crippen LogP contribution in [0.4, 0.5) is 5.69 Å². The largest absolute Gasteiger partial charge is 0.335 e. The van der Waals surface area contributed by atoms with E-state index in [-0.39, 0.29) is 11.6 Å². The van der Waals surface area contributed by atoms with Gasteiger partial charge in [-0.2, -0.15) is 0 Å². The van der Waals surface area contributed by atoms with E-state index in [4.69, 9.17) is 0 Å². The van der Waals surface area contributed by atoms with Crippen molar-refractivity contribution >= 4 is 13.3 Å². The van der Waals surface area contributed by atoms with Crippen molar-refractivity contribution in [1.82, 2.24) is 0 Å². The van der Waals surface area contributed by atoms with Crippen molar-refractivity contribution < 1.29 is 19.3 Å². The van der Waals surface area contributed by atoms with Gasteiger partial charge in [0, 0.05) is 12.1 Å². The molecule has 20 heavy (non-hydrogen) atoms. The summed E-state index contributed by atoms with van der Waals surface area (Å²) in [7, 11) is -4.41. The van der Waals surface area contributed by atoms with Crippen LogP contribution < -0.4 is 0 Å². The van der Waals surface area contributed by atoms with Crippen LogP contribution in [0.2, 0.25) is 0 Å². The molecule has 0 spiro atoms. The van der Waals surface area contributed by atoms with Crippen LogP contribution >= 0.6 is 7.60 Å². The zero-order valence-electron chi connectivity index (χ0n) is 11.8. The molecule has 1 atom stereocenters. The Bertz CT molecular complexity index is 520. The van der Waals surface area contributed by atoms with Crippen LogP contribution in [0.5, 0.6) is 0 Å². The predicted octanol–water partition coefficient (Wildman–Crippen LogP) is 3.42. The van der Waals surface area contributed by atoms with Gasteiger partial charge in [0.25, 0.3) is 5.69 Å². The summed E-state index contributed by atoms with van der Waals surface area (Å²) in [6, 6.07) is 5.45. The van der Waals surface area contributed by atoms with Crippen molar-refractivity contribution in [3.63, 3.8) is 0 Å². The Hall–Kier alpha value is -1.23. The van der Waals surface area contributed by atoms with Gasteiger partial charge in [-0.15, -0.1) is 0 Å². The topological polar surface area (TPSA) is 101 Å². The number of nitro benzene ring substituents is 1. The lowest BCUT2D eigenvalue weighted by Crippen LogP contribution is -2.31. The summed E-state index contributed by atoms with van der Waals surface area (Å²) in [6.07, 6.45) is 1.24. The molecule has 0 aliphatic carbocycles. The number of hydrogen-bond donors (Lipinski definition) is 2. The van der Waals surface area contributed by atoms with Crippen LogP contribution in [0.1, 0.15) is 39.2 Å². The van der Waals surface area contributed by atoms with Crippen LogP contribution in [-0.2, 0) is 9.72 Å². The third-order valence-corrected chi connectivity index (χ3v) is 5.88. The van der Waals surface area contributed by atoms with Crippen LogP contribution in [0.3, 0.4) is 0 Å². The van der Waals surface area contributed by atoms with E-state index in [1.807, 2.05) is 13.8 Å². The summed E-state index contributed by atoms with van der Waals surface area (Å²) >= 11 is 0. The second kappa shape index (κ2) is 6.04. The summed E-state index contributed by atoms with van der Waals surface area (Å²) in [5.74, 6) is -0.204. The van der Waals surface area contributed by atoms with Crippen LogP contribution in [0, 0.1) is 16.0 Å². The quantitative estimate of drug-likeness (QED) is 0.476. The number of benzene rings is 1. The normalized spacial score (nSPS) is 15.1. The summed E-state index contributed by atoms with van der Waals surface area (Å²) in [5.41, 5.74) is 0.344. The van der Waals surface area contributed by atoms with E-state index in [1.54, 1.807) is 0 Å². The molecule has 0 amide bonds. The van der Waals surface area contributed by atoms with E-state index in [1.165, 1.54) is 31.2 Å². The number of nitrogens with zero attached hydrogens (tertiary/aromatic N) is 1. The Kier molecular flexibility index (Phi) is 5.08. The van der Waals surface area contributed by atoms with Gasteiger partial charge in [-0.1, -0.05) is 38.8 Å². The zero-order valence-corrected chi connectivity index (χ0v) is 12.7. The number of nitro groups is 1. The Labute approximate surface area is 118 Å². The fourth-order valence-electron chi connectivity index (χ4n) is 2.65. The second-order valence-electron chi connectivity index (χ2n) is 5.01. The molecule has 0 saturated heterocycles. The maximum Gasteiger partial charge on any atom is 0.335 e. The van der Waals surface area contributed by atoms with Crippen molar-refractivity contribution in [3.05, 3.63) is 39.9 Å². The first kappa shape index (κ1) is 16.8. The summed E-state index contributed by atoms with van der Waals surface area (Å²) in [5, 5.41) is 9.33. The number of non-ortho nitro benzene ring substituents is 1. The summed E-state index contributed by atoms with van der Waals surface area (Å²) in [6.45, 7) is 5.30. The van der Waals surface area contributed by atoms with Gasteiger partial charge >= 0.3 is 7.60 Å². The first-order chi connectivity index (χ1) is 9.18. The molecule has 1 aromatic rings. The SMILES string of the molecule is CCC(CC)C(C)(c1ccc([N+](=O)[O-])cc1)P(=O)(O)O. The van der Waals surface area contributed by atoms with Crippen LogP contribution in [0.25, 0.3) is 0 Å². The van der Waals surface area contributed by atoms with Gasteiger partial charge in [-0.3, -0.25) is 14.7 Å². The third kappa shape index (κ3) is 2.92. The van der Waals surface area contributed by atoms with Crippen molar-refractivity contribution in [1.29, 1.82) is 0 Å². The minimum atomic E-state index is -4.41. The standard InChI is InChI=1S/C13H20NO5P/c1-4-10(5-2)13(3,20(17,18)19)11-6-8-12(9-7-11)14(15)16/h6-10H,4-5H2,1-3H3,(H2,17,18,19). The fraction of sp³-hybridized carbons (Fsp3) is 0.538. The highest BCUT2D eigenvalue weighted by Gasteiger charge is 2.48. The van der Waals surface area contributed by atoms with Gasteiger partial charge in [0.05, 0.1) is 10.1 Å². The molecule has 0 saturated carbocycles. The van der Waals surface area contributed by atoms with Crippen LogP contribution in [0.15, 0.2) is 24.3 Å². The molecule has 0 aliphatic rings. The maximum atomic E-state index is 12.0.